The summed E-state index contributed by atoms with van der Waals surface area (Å²) in [6.45, 7) is 6.57. The van der Waals surface area contributed by atoms with E-state index in [1.54, 1.807) is 0 Å². The van der Waals surface area contributed by atoms with E-state index in [0.29, 0.717) is 0 Å². The number of allylic oxidation sites excluding steroid dienone is 1. The summed E-state index contributed by atoms with van der Waals surface area (Å²) in [6, 6.07) is 0. The molecule has 1 rings (SSSR count). The molecule has 0 N–H and O–H groups in total. The first-order valence-electron chi connectivity index (χ1n) is 3.91. The van der Waals surface area contributed by atoms with Gasteiger partial charge in [0.1, 0.15) is 0 Å². The van der Waals surface area contributed by atoms with Gasteiger partial charge in [-0.2, -0.15) is 0 Å². The van der Waals surface area contributed by atoms with Gasteiger partial charge in [-0.05, 0) is 13.3 Å². The molecule has 0 fully saturated rings. The van der Waals surface area contributed by atoms with Crippen molar-refractivity contribution >= 4 is 5.71 Å². The second-order valence-electron chi connectivity index (χ2n) is 3.20. The quantitative estimate of drug-likeness (QED) is 0.555. The van der Waals surface area contributed by atoms with E-state index in [2.05, 4.69) is 31.8 Å². The number of rotatable bonds is 2. The summed E-state index contributed by atoms with van der Waals surface area (Å²) in [5, 5.41) is 0. The number of hydrogen-bond donors (Lipinski definition) is 0. The normalized spacial score (nSPS) is 30.9. The maximum atomic E-state index is 4.24. The van der Waals surface area contributed by atoms with Crippen LogP contribution in [0.5, 0.6) is 0 Å². The summed E-state index contributed by atoms with van der Waals surface area (Å²) < 4.78 is 0. The molecular formula is C9H15N. The van der Waals surface area contributed by atoms with E-state index in [-0.39, 0.29) is 5.41 Å². The Morgan fingerprint density at radius 1 is 1.60 bits per heavy atom. The molecule has 1 atom stereocenters. The van der Waals surface area contributed by atoms with E-state index < -0.39 is 0 Å². The highest BCUT2D eigenvalue weighted by atomic mass is 14.8. The van der Waals surface area contributed by atoms with Crippen molar-refractivity contribution in [3.05, 3.63) is 12.3 Å². The first-order chi connectivity index (χ1) is 4.69. The molecule has 0 bridgehead atoms. The molecule has 0 radical (unpaired) electrons. The van der Waals surface area contributed by atoms with Crippen LogP contribution in [0, 0.1) is 5.41 Å². The van der Waals surface area contributed by atoms with Crippen LogP contribution in [0.1, 0.15) is 33.6 Å². The van der Waals surface area contributed by atoms with Gasteiger partial charge in [-0.3, -0.25) is 4.99 Å². The van der Waals surface area contributed by atoms with Gasteiger partial charge in [-0.25, -0.2) is 0 Å². The molecule has 0 aliphatic carbocycles. The fraction of sp³-hybridized carbons (Fsp3) is 0.667. The third-order valence-electron chi connectivity index (χ3n) is 2.31. The van der Waals surface area contributed by atoms with Crippen LogP contribution in [0.3, 0.4) is 0 Å². The Bertz CT molecular complexity index is 179. The van der Waals surface area contributed by atoms with Crippen LogP contribution < -0.4 is 0 Å². The summed E-state index contributed by atoms with van der Waals surface area (Å²) in [5.74, 6) is 0. The van der Waals surface area contributed by atoms with Gasteiger partial charge in [-0.1, -0.05) is 26.3 Å². The zero-order valence-corrected chi connectivity index (χ0v) is 7.02. The molecule has 1 aliphatic heterocycles. The zero-order valence-electron chi connectivity index (χ0n) is 7.02. The molecule has 1 nitrogen and oxygen atoms in total. The number of nitrogens with zero attached hydrogens (tertiary/aromatic N) is 1. The highest BCUT2D eigenvalue weighted by Crippen LogP contribution is 2.30. The minimum atomic E-state index is 0.273. The minimum Gasteiger partial charge on any atom is -0.265 e. The van der Waals surface area contributed by atoms with Gasteiger partial charge in [0.15, 0.2) is 0 Å². The van der Waals surface area contributed by atoms with E-state index in [9.17, 15) is 0 Å². The lowest BCUT2D eigenvalue weighted by molar-refractivity contribution is 0.535. The molecule has 0 saturated carbocycles. The third kappa shape index (κ3) is 1.13. The smallest absolute Gasteiger partial charge is 0.0252 e. The molecule has 56 valence electrons. The molecule has 0 aromatic rings. The highest BCUT2D eigenvalue weighted by Gasteiger charge is 2.25. The van der Waals surface area contributed by atoms with E-state index in [1.807, 2.05) is 6.20 Å². The molecule has 1 heterocycles. The molecule has 1 unspecified atom stereocenters. The van der Waals surface area contributed by atoms with Crippen LogP contribution in [-0.4, -0.2) is 5.71 Å². The molecule has 1 aliphatic rings. The fourth-order valence-corrected chi connectivity index (χ4v) is 1.37. The van der Waals surface area contributed by atoms with Gasteiger partial charge in [0.05, 0.1) is 0 Å². The van der Waals surface area contributed by atoms with E-state index in [4.69, 9.17) is 0 Å². The summed E-state index contributed by atoms with van der Waals surface area (Å²) in [5.41, 5.74) is 1.53. The second-order valence-corrected chi connectivity index (χ2v) is 3.20. The van der Waals surface area contributed by atoms with Crippen molar-refractivity contribution in [2.24, 2.45) is 10.4 Å². The maximum absolute atomic E-state index is 4.24. The van der Waals surface area contributed by atoms with Crippen LogP contribution in [0.4, 0.5) is 0 Å². The Labute approximate surface area is 62.9 Å². The molecule has 0 spiro atoms. The predicted molar refractivity (Wildman–Crippen MR) is 45.3 cm³/mol. The maximum Gasteiger partial charge on any atom is 0.0252 e. The van der Waals surface area contributed by atoms with Crippen molar-refractivity contribution in [1.29, 1.82) is 0 Å². The monoisotopic (exact) mass is 137 g/mol. The van der Waals surface area contributed by atoms with E-state index in [0.717, 1.165) is 0 Å². The molecule has 0 saturated heterocycles. The summed E-state index contributed by atoms with van der Waals surface area (Å²) in [7, 11) is 0. The average molecular weight is 137 g/mol. The van der Waals surface area contributed by atoms with Gasteiger partial charge in [0.25, 0.3) is 0 Å². The molecule has 0 aromatic carbocycles. The van der Waals surface area contributed by atoms with Gasteiger partial charge in [0, 0.05) is 17.3 Å². The zero-order chi connectivity index (χ0) is 7.61. The molecular weight excluding hydrogens is 122 g/mol. The van der Waals surface area contributed by atoms with Crippen molar-refractivity contribution in [3.63, 3.8) is 0 Å². The van der Waals surface area contributed by atoms with Crippen molar-refractivity contribution in [2.45, 2.75) is 33.6 Å². The molecule has 1 heteroatoms. The Hall–Kier alpha value is -0.590. The Morgan fingerprint density at radius 2 is 2.30 bits per heavy atom. The van der Waals surface area contributed by atoms with Gasteiger partial charge in [-0.15, -0.1) is 0 Å². The first-order valence-corrected chi connectivity index (χ1v) is 3.91. The van der Waals surface area contributed by atoms with Crippen molar-refractivity contribution in [2.75, 3.05) is 0 Å². The van der Waals surface area contributed by atoms with Crippen LogP contribution in [-0.2, 0) is 0 Å². The SMILES string of the molecule is CCCC1(C)C=CN=C1C. The minimum absolute atomic E-state index is 0.273. The van der Waals surface area contributed by atoms with Crippen LogP contribution in [0.15, 0.2) is 17.3 Å². The summed E-state index contributed by atoms with van der Waals surface area (Å²) >= 11 is 0. The largest absolute Gasteiger partial charge is 0.265 e. The molecule has 0 amide bonds. The summed E-state index contributed by atoms with van der Waals surface area (Å²) in [4.78, 5) is 4.24. The lowest BCUT2D eigenvalue weighted by Gasteiger charge is -2.20. The summed E-state index contributed by atoms with van der Waals surface area (Å²) in [6.07, 6.45) is 6.57. The Balaban J connectivity index is 2.69. The van der Waals surface area contributed by atoms with E-state index >= 15 is 0 Å². The Morgan fingerprint density at radius 3 is 2.70 bits per heavy atom. The van der Waals surface area contributed by atoms with Gasteiger partial charge < -0.3 is 0 Å². The lowest BCUT2D eigenvalue weighted by Crippen LogP contribution is -2.19. The molecule has 0 aromatic heterocycles. The van der Waals surface area contributed by atoms with Gasteiger partial charge >= 0.3 is 0 Å². The topological polar surface area (TPSA) is 12.4 Å². The first kappa shape index (κ1) is 7.52. The van der Waals surface area contributed by atoms with Crippen LogP contribution >= 0.6 is 0 Å². The predicted octanol–water partition coefficient (Wildman–Crippen LogP) is 2.78. The van der Waals surface area contributed by atoms with E-state index in [1.165, 1.54) is 18.6 Å². The molecule has 10 heavy (non-hydrogen) atoms. The fourth-order valence-electron chi connectivity index (χ4n) is 1.37. The highest BCUT2D eigenvalue weighted by molar-refractivity contribution is 5.91. The number of aliphatic imine (C=N–C) groups is 1. The average Bonchev–Trinajstić information content (AvgIpc) is 2.15. The van der Waals surface area contributed by atoms with Crippen LogP contribution in [0.25, 0.3) is 0 Å². The lowest BCUT2D eigenvalue weighted by atomic mass is 9.83. The van der Waals surface area contributed by atoms with Crippen molar-refractivity contribution < 1.29 is 0 Å². The van der Waals surface area contributed by atoms with Crippen LogP contribution in [0.2, 0.25) is 0 Å². The second kappa shape index (κ2) is 2.57. The number of hydrogen-bond acceptors (Lipinski definition) is 1. The van der Waals surface area contributed by atoms with Crippen molar-refractivity contribution in [3.8, 4) is 0 Å². The van der Waals surface area contributed by atoms with Gasteiger partial charge in [0.2, 0.25) is 0 Å². The Kier molecular flexibility index (Phi) is 1.93. The standard InChI is InChI=1S/C9H15N/c1-4-5-9(3)6-7-10-8(9)2/h6-7H,4-5H2,1-3H3. The third-order valence-corrected chi connectivity index (χ3v) is 2.31. The van der Waals surface area contributed by atoms with Crippen molar-refractivity contribution in [1.82, 2.24) is 0 Å².